The molecule has 8 atom stereocenters. The van der Waals surface area contributed by atoms with Crippen LogP contribution in [0.15, 0.2) is 0 Å². The predicted molar refractivity (Wildman–Crippen MR) is 94.7 cm³/mol. The average Bonchev–Trinajstić information content (AvgIpc) is 2.86. The van der Waals surface area contributed by atoms with Crippen molar-refractivity contribution in [3.8, 4) is 0 Å². The van der Waals surface area contributed by atoms with Gasteiger partial charge in [0.05, 0.1) is 24.7 Å². The number of aliphatic hydroxyl groups is 2. The molecule has 4 aliphatic carbocycles. The topological polar surface area (TPSA) is 66.8 Å². The van der Waals surface area contributed by atoms with Gasteiger partial charge in [-0.1, -0.05) is 13.8 Å². The lowest BCUT2D eigenvalue weighted by Crippen LogP contribution is -2.62. The largest absolute Gasteiger partial charge is 0.469 e. The van der Waals surface area contributed by atoms with Crippen LogP contribution in [0.3, 0.4) is 0 Å². The molecule has 2 N–H and O–H groups in total. The fourth-order valence-corrected chi connectivity index (χ4v) is 7.72. The van der Waals surface area contributed by atoms with Crippen LogP contribution < -0.4 is 0 Å². The molecule has 0 saturated heterocycles. The summed E-state index contributed by atoms with van der Waals surface area (Å²) in [6, 6.07) is 0. The molecule has 0 radical (unpaired) electrons. The van der Waals surface area contributed by atoms with Gasteiger partial charge in [-0.3, -0.25) is 4.79 Å². The lowest BCUT2D eigenvalue weighted by Gasteiger charge is -2.63. The number of carbonyl (C=O) groups excluding carboxylic acids is 1. The van der Waals surface area contributed by atoms with E-state index in [0.29, 0.717) is 11.8 Å². The summed E-state index contributed by atoms with van der Waals surface area (Å²) in [4.78, 5) is 12.3. The third-order valence-electron chi connectivity index (χ3n) is 9.31. The molecular formula is C21H34O4. The van der Waals surface area contributed by atoms with E-state index in [1.165, 1.54) is 7.11 Å². The Hall–Kier alpha value is -0.610. The van der Waals surface area contributed by atoms with E-state index in [1.807, 2.05) is 0 Å². The highest BCUT2D eigenvalue weighted by molar-refractivity contribution is 5.74. The van der Waals surface area contributed by atoms with Gasteiger partial charge in [-0.15, -0.1) is 0 Å². The average molecular weight is 350 g/mol. The molecule has 4 aliphatic rings. The first kappa shape index (κ1) is 17.8. The molecule has 0 bridgehead atoms. The van der Waals surface area contributed by atoms with Gasteiger partial charge in [0.2, 0.25) is 0 Å². The summed E-state index contributed by atoms with van der Waals surface area (Å²) in [7, 11) is 1.47. The third kappa shape index (κ3) is 2.22. The van der Waals surface area contributed by atoms with Gasteiger partial charge in [0.15, 0.2) is 0 Å². The third-order valence-corrected chi connectivity index (χ3v) is 9.31. The van der Waals surface area contributed by atoms with Gasteiger partial charge in [0.25, 0.3) is 0 Å². The summed E-state index contributed by atoms with van der Waals surface area (Å²) < 4.78 is 5.07. The van der Waals surface area contributed by atoms with Gasteiger partial charge < -0.3 is 14.9 Å². The minimum Gasteiger partial charge on any atom is -0.469 e. The van der Waals surface area contributed by atoms with Crippen molar-refractivity contribution in [2.75, 3.05) is 7.11 Å². The molecule has 0 aromatic rings. The molecule has 0 spiro atoms. The molecule has 4 heteroatoms. The molecule has 0 amide bonds. The Morgan fingerprint density at radius 2 is 1.76 bits per heavy atom. The highest BCUT2D eigenvalue weighted by Crippen LogP contribution is 2.69. The van der Waals surface area contributed by atoms with E-state index in [-0.39, 0.29) is 34.7 Å². The number of esters is 1. The Bertz CT molecular complexity index is 562. The summed E-state index contributed by atoms with van der Waals surface area (Å²) in [5.41, 5.74) is -0.847. The van der Waals surface area contributed by atoms with Gasteiger partial charge in [0.1, 0.15) is 0 Å². The quantitative estimate of drug-likeness (QED) is 0.712. The van der Waals surface area contributed by atoms with Crippen molar-refractivity contribution in [3.63, 3.8) is 0 Å². The van der Waals surface area contributed by atoms with E-state index in [9.17, 15) is 15.0 Å². The Morgan fingerprint density at radius 1 is 1.00 bits per heavy atom. The van der Waals surface area contributed by atoms with Crippen LogP contribution in [0, 0.1) is 34.5 Å². The first-order valence-corrected chi connectivity index (χ1v) is 10.2. The molecule has 25 heavy (non-hydrogen) atoms. The minimum atomic E-state index is -0.737. The van der Waals surface area contributed by atoms with Gasteiger partial charge in [-0.05, 0) is 81.0 Å². The summed E-state index contributed by atoms with van der Waals surface area (Å²) in [6.07, 6.45) is 8.41. The summed E-state index contributed by atoms with van der Waals surface area (Å²) in [5, 5.41) is 22.0. The number of carbonyl (C=O) groups is 1. The van der Waals surface area contributed by atoms with Crippen molar-refractivity contribution in [2.24, 2.45) is 34.5 Å². The van der Waals surface area contributed by atoms with Crippen molar-refractivity contribution in [1.82, 2.24) is 0 Å². The highest BCUT2D eigenvalue weighted by Gasteiger charge is 2.68. The molecule has 0 aromatic carbocycles. The van der Waals surface area contributed by atoms with E-state index in [0.717, 1.165) is 57.8 Å². The van der Waals surface area contributed by atoms with Crippen LogP contribution in [0.5, 0.6) is 0 Å². The van der Waals surface area contributed by atoms with Crippen molar-refractivity contribution >= 4 is 5.97 Å². The van der Waals surface area contributed by atoms with Crippen LogP contribution in [0.2, 0.25) is 0 Å². The van der Waals surface area contributed by atoms with E-state index in [2.05, 4.69) is 13.8 Å². The van der Waals surface area contributed by atoms with Crippen molar-refractivity contribution in [2.45, 2.75) is 83.3 Å². The monoisotopic (exact) mass is 350 g/mol. The van der Waals surface area contributed by atoms with E-state index in [4.69, 9.17) is 4.74 Å². The number of fused-ring (bicyclic) bond motifs is 5. The van der Waals surface area contributed by atoms with Gasteiger partial charge in [-0.2, -0.15) is 0 Å². The maximum atomic E-state index is 12.3. The maximum Gasteiger partial charge on any atom is 0.309 e. The molecule has 0 heterocycles. The normalized spacial score (nSPS) is 55.0. The van der Waals surface area contributed by atoms with Crippen molar-refractivity contribution in [1.29, 1.82) is 0 Å². The van der Waals surface area contributed by atoms with Crippen molar-refractivity contribution < 1.29 is 19.7 Å². The number of hydrogen-bond donors (Lipinski definition) is 2. The smallest absolute Gasteiger partial charge is 0.309 e. The van der Waals surface area contributed by atoms with Crippen molar-refractivity contribution in [3.05, 3.63) is 0 Å². The lowest BCUT2D eigenvalue weighted by molar-refractivity contribution is -0.213. The predicted octanol–water partition coefficient (Wildman–Crippen LogP) is 3.29. The van der Waals surface area contributed by atoms with E-state index in [1.54, 1.807) is 0 Å². The van der Waals surface area contributed by atoms with Gasteiger partial charge in [-0.25, -0.2) is 0 Å². The van der Waals surface area contributed by atoms with Crippen LogP contribution in [0.4, 0.5) is 0 Å². The van der Waals surface area contributed by atoms with E-state index >= 15 is 0 Å². The zero-order chi connectivity index (χ0) is 18.0. The highest BCUT2D eigenvalue weighted by atomic mass is 16.5. The maximum absolute atomic E-state index is 12.3. The molecule has 4 nitrogen and oxygen atoms in total. The zero-order valence-corrected chi connectivity index (χ0v) is 16.0. The molecule has 142 valence electrons. The molecule has 0 aliphatic heterocycles. The Morgan fingerprint density at radius 3 is 2.48 bits per heavy atom. The number of ether oxygens (including phenoxy) is 1. The summed E-state index contributed by atoms with van der Waals surface area (Å²) in [6.45, 7) is 4.55. The molecule has 4 rings (SSSR count). The number of hydrogen-bond acceptors (Lipinski definition) is 4. The first-order chi connectivity index (χ1) is 11.8. The molecule has 4 saturated carbocycles. The van der Waals surface area contributed by atoms with Crippen LogP contribution in [0.25, 0.3) is 0 Å². The Balaban J connectivity index is 1.66. The summed E-state index contributed by atoms with van der Waals surface area (Å²) in [5.74, 6) is 1.09. The second-order valence-corrected chi connectivity index (χ2v) is 9.92. The molecule has 0 aromatic heterocycles. The fraction of sp³-hybridized carbons (Fsp3) is 0.952. The van der Waals surface area contributed by atoms with E-state index < -0.39 is 5.60 Å². The minimum absolute atomic E-state index is 0.137. The molecular weight excluding hydrogens is 316 g/mol. The molecule has 4 fully saturated rings. The number of aliphatic hydroxyl groups excluding tert-OH is 1. The van der Waals surface area contributed by atoms with Crippen LogP contribution in [-0.2, 0) is 9.53 Å². The Labute approximate surface area is 151 Å². The standard InChI is InChI=1S/C21H34O4/c1-19-9-6-14(22)12-13(19)4-5-16-15(19)7-10-20(2)17(18(23)25-3)8-11-21(16,20)24/h13-17,22,24H,4-12H2,1-3H3/t13-,14+,15+,16-,17-,19+,20-,21-/m1/s1. The number of rotatable bonds is 1. The second kappa shape index (κ2) is 5.69. The molecule has 0 unspecified atom stereocenters. The SMILES string of the molecule is COC(=O)[C@H]1CC[C@@]2(O)[C@@H]3CC[C@@H]4C[C@@H](O)CC[C@]4(C)[C@H]3CC[C@]12C. The lowest BCUT2D eigenvalue weighted by atomic mass is 9.43. The van der Waals surface area contributed by atoms with Crippen LogP contribution in [-0.4, -0.2) is 35.0 Å². The summed E-state index contributed by atoms with van der Waals surface area (Å²) >= 11 is 0. The zero-order valence-electron chi connectivity index (χ0n) is 16.0. The van der Waals surface area contributed by atoms with Gasteiger partial charge in [0, 0.05) is 5.41 Å². The second-order valence-electron chi connectivity index (χ2n) is 9.92. The van der Waals surface area contributed by atoms with Gasteiger partial charge >= 0.3 is 5.97 Å². The fourth-order valence-electron chi connectivity index (χ4n) is 7.72. The van der Waals surface area contributed by atoms with Crippen LogP contribution >= 0.6 is 0 Å². The number of methoxy groups -OCH3 is 1. The Kier molecular flexibility index (Phi) is 4.05. The van der Waals surface area contributed by atoms with Crippen LogP contribution in [0.1, 0.15) is 71.6 Å². The first-order valence-electron chi connectivity index (χ1n) is 10.2.